The van der Waals surface area contributed by atoms with Crippen LogP contribution in [-0.4, -0.2) is 50.6 Å². The lowest BCUT2D eigenvalue weighted by Crippen LogP contribution is -2.40. The summed E-state index contributed by atoms with van der Waals surface area (Å²) in [5.74, 6) is -0.534. The van der Waals surface area contributed by atoms with Gasteiger partial charge in [0.2, 0.25) is 10.0 Å². The average Bonchev–Trinajstić information content (AvgIpc) is 2.72. The number of carbonyl (C=O) groups is 1. The first-order valence-corrected chi connectivity index (χ1v) is 11.0. The smallest absolute Gasteiger partial charge is 0.271 e. The van der Waals surface area contributed by atoms with Gasteiger partial charge in [-0.3, -0.25) is 4.79 Å². The largest absolute Gasteiger partial charge is 0.379 e. The average molecular weight is 456 g/mol. The number of nitrogens with one attached hydrogen (secondary N) is 1. The number of halogens is 2. The quantitative estimate of drug-likeness (QED) is 0.553. The van der Waals surface area contributed by atoms with Gasteiger partial charge in [0.25, 0.3) is 5.91 Å². The molecule has 0 aromatic heterocycles. The van der Waals surface area contributed by atoms with Crippen molar-refractivity contribution in [2.75, 3.05) is 26.3 Å². The Labute approximate surface area is 179 Å². The van der Waals surface area contributed by atoms with E-state index in [0.717, 1.165) is 0 Å². The zero-order chi connectivity index (χ0) is 21.0. The zero-order valence-electron chi connectivity index (χ0n) is 15.6. The van der Waals surface area contributed by atoms with E-state index in [0.29, 0.717) is 34.5 Å². The number of nitrogens with zero attached hydrogens (tertiary/aromatic N) is 2. The van der Waals surface area contributed by atoms with Gasteiger partial charge in [0.15, 0.2) is 0 Å². The highest BCUT2D eigenvalue weighted by atomic mass is 35.5. The third-order valence-electron chi connectivity index (χ3n) is 4.35. The Hall–Kier alpha value is -1.97. The van der Waals surface area contributed by atoms with Crippen LogP contribution in [0.1, 0.15) is 22.8 Å². The molecule has 0 aliphatic carbocycles. The first-order valence-electron chi connectivity index (χ1n) is 8.77. The molecule has 1 aliphatic heterocycles. The van der Waals surface area contributed by atoms with Crippen molar-refractivity contribution in [3.8, 4) is 0 Å². The molecule has 10 heteroatoms. The van der Waals surface area contributed by atoms with Crippen LogP contribution in [0.4, 0.5) is 0 Å². The number of hydrogen-bond acceptors (Lipinski definition) is 5. The molecular formula is C19H19Cl2N3O4S. The van der Waals surface area contributed by atoms with Crippen molar-refractivity contribution < 1.29 is 17.9 Å². The number of carbonyl (C=O) groups excluding carboxylic acids is 1. The molecule has 2 aromatic carbocycles. The van der Waals surface area contributed by atoms with Crippen LogP contribution in [0.25, 0.3) is 0 Å². The van der Waals surface area contributed by atoms with Crippen molar-refractivity contribution in [3.63, 3.8) is 0 Å². The highest BCUT2D eigenvalue weighted by molar-refractivity contribution is 7.89. The maximum Gasteiger partial charge on any atom is 0.271 e. The lowest BCUT2D eigenvalue weighted by atomic mass is 10.1. The Morgan fingerprint density at radius 1 is 1.14 bits per heavy atom. The maximum atomic E-state index is 12.8. The molecule has 3 rings (SSSR count). The summed E-state index contributed by atoms with van der Waals surface area (Å²) >= 11 is 12.0. The first-order chi connectivity index (χ1) is 13.8. The number of hydrazone groups is 1. The van der Waals surface area contributed by atoms with E-state index in [1.165, 1.54) is 28.6 Å². The SMILES string of the molecule is CC(=NNC(=O)c1cccc(S(=O)(=O)N2CCOCC2)c1)c1ccc(Cl)cc1Cl. The Bertz CT molecular complexity index is 1050. The van der Waals surface area contributed by atoms with Crippen molar-refractivity contribution in [1.29, 1.82) is 0 Å². The summed E-state index contributed by atoms with van der Waals surface area (Å²) < 4.78 is 32.1. The number of rotatable bonds is 5. The maximum absolute atomic E-state index is 12.8. The minimum absolute atomic E-state index is 0.0495. The molecule has 1 heterocycles. The second-order valence-corrected chi connectivity index (χ2v) is 9.09. The van der Waals surface area contributed by atoms with Crippen LogP contribution in [0.5, 0.6) is 0 Å². The first kappa shape index (κ1) is 21.7. The van der Waals surface area contributed by atoms with Crippen molar-refractivity contribution in [2.45, 2.75) is 11.8 Å². The summed E-state index contributed by atoms with van der Waals surface area (Å²) in [6.45, 7) is 2.95. The van der Waals surface area contributed by atoms with Gasteiger partial charge >= 0.3 is 0 Å². The van der Waals surface area contributed by atoms with Gasteiger partial charge in [0.05, 0.1) is 28.8 Å². The Morgan fingerprint density at radius 2 is 1.86 bits per heavy atom. The second kappa shape index (κ2) is 9.23. The van der Waals surface area contributed by atoms with E-state index in [2.05, 4.69) is 10.5 Å². The lowest BCUT2D eigenvalue weighted by molar-refractivity contribution is 0.0730. The molecule has 0 saturated carbocycles. The van der Waals surface area contributed by atoms with Crippen molar-refractivity contribution in [3.05, 3.63) is 63.6 Å². The molecule has 0 bridgehead atoms. The molecule has 29 heavy (non-hydrogen) atoms. The molecule has 1 aliphatic rings. The molecule has 7 nitrogen and oxygen atoms in total. The van der Waals surface area contributed by atoms with E-state index in [1.807, 2.05) is 0 Å². The molecule has 1 fully saturated rings. The van der Waals surface area contributed by atoms with E-state index in [4.69, 9.17) is 27.9 Å². The Morgan fingerprint density at radius 3 is 2.55 bits per heavy atom. The van der Waals surface area contributed by atoms with Gasteiger partial charge in [-0.2, -0.15) is 9.41 Å². The van der Waals surface area contributed by atoms with E-state index < -0.39 is 15.9 Å². The molecule has 0 atom stereocenters. The number of hydrogen-bond donors (Lipinski definition) is 1. The number of sulfonamides is 1. The summed E-state index contributed by atoms with van der Waals surface area (Å²) in [4.78, 5) is 12.5. The standard InChI is InChI=1S/C19H19Cl2N3O4S/c1-13(17-6-5-15(20)12-18(17)21)22-23-19(25)14-3-2-4-16(11-14)29(26,27)24-7-9-28-10-8-24/h2-6,11-12H,7-10H2,1H3,(H,23,25). The summed E-state index contributed by atoms with van der Waals surface area (Å²) in [6.07, 6.45) is 0. The van der Waals surface area contributed by atoms with E-state index >= 15 is 0 Å². The minimum Gasteiger partial charge on any atom is -0.379 e. The van der Waals surface area contributed by atoms with Crippen molar-refractivity contribution in [2.24, 2.45) is 5.10 Å². The topological polar surface area (TPSA) is 88.1 Å². The number of benzene rings is 2. The fourth-order valence-corrected chi connectivity index (χ4v) is 4.78. The van der Waals surface area contributed by atoms with Gasteiger partial charge in [-0.05, 0) is 37.3 Å². The van der Waals surface area contributed by atoms with Gasteiger partial charge in [-0.15, -0.1) is 0 Å². The third-order valence-corrected chi connectivity index (χ3v) is 6.79. The lowest BCUT2D eigenvalue weighted by Gasteiger charge is -2.26. The summed E-state index contributed by atoms with van der Waals surface area (Å²) in [7, 11) is -3.69. The molecule has 0 unspecified atom stereocenters. The van der Waals surface area contributed by atoms with Crippen LogP contribution >= 0.6 is 23.2 Å². The molecule has 1 N–H and O–H groups in total. The van der Waals surface area contributed by atoms with E-state index in [-0.39, 0.29) is 23.5 Å². The van der Waals surface area contributed by atoms with Crippen LogP contribution < -0.4 is 5.43 Å². The van der Waals surface area contributed by atoms with Gasteiger partial charge in [-0.1, -0.05) is 35.3 Å². The molecule has 154 valence electrons. The molecular weight excluding hydrogens is 437 g/mol. The predicted octanol–water partition coefficient (Wildman–Crippen LogP) is 3.17. The highest BCUT2D eigenvalue weighted by Crippen LogP contribution is 2.22. The van der Waals surface area contributed by atoms with Gasteiger partial charge in [0, 0.05) is 29.2 Å². The zero-order valence-corrected chi connectivity index (χ0v) is 17.9. The number of ether oxygens (including phenoxy) is 1. The van der Waals surface area contributed by atoms with Crippen LogP contribution in [0.15, 0.2) is 52.5 Å². The summed E-state index contributed by atoms with van der Waals surface area (Å²) in [5.41, 5.74) is 3.71. The minimum atomic E-state index is -3.69. The van der Waals surface area contributed by atoms with Crippen LogP contribution in [0, 0.1) is 0 Å². The van der Waals surface area contributed by atoms with E-state index in [1.54, 1.807) is 25.1 Å². The molecule has 0 spiro atoms. The molecule has 1 amide bonds. The van der Waals surface area contributed by atoms with E-state index in [9.17, 15) is 13.2 Å². The van der Waals surface area contributed by atoms with Gasteiger partial charge < -0.3 is 4.74 Å². The van der Waals surface area contributed by atoms with Gasteiger partial charge in [0.1, 0.15) is 0 Å². The highest BCUT2D eigenvalue weighted by Gasteiger charge is 2.26. The number of morpholine rings is 1. The van der Waals surface area contributed by atoms with Gasteiger partial charge in [-0.25, -0.2) is 13.8 Å². The van der Waals surface area contributed by atoms with Crippen LogP contribution in [0.3, 0.4) is 0 Å². The molecule has 0 radical (unpaired) electrons. The third kappa shape index (κ3) is 5.15. The molecule has 1 saturated heterocycles. The number of amides is 1. The normalized spacial score (nSPS) is 15.9. The fourth-order valence-electron chi connectivity index (χ4n) is 2.78. The van der Waals surface area contributed by atoms with Crippen LogP contribution in [-0.2, 0) is 14.8 Å². The van der Waals surface area contributed by atoms with Crippen molar-refractivity contribution >= 4 is 44.8 Å². The summed E-state index contributed by atoms with van der Waals surface area (Å²) in [6, 6.07) is 10.8. The fraction of sp³-hybridized carbons (Fsp3) is 0.263. The summed E-state index contributed by atoms with van der Waals surface area (Å²) in [5, 5.41) is 4.96. The predicted molar refractivity (Wildman–Crippen MR) is 112 cm³/mol. The van der Waals surface area contributed by atoms with Crippen LogP contribution in [0.2, 0.25) is 10.0 Å². The Balaban J connectivity index is 1.77. The Kier molecular flexibility index (Phi) is 6.92. The van der Waals surface area contributed by atoms with Crippen molar-refractivity contribution in [1.82, 2.24) is 9.73 Å². The monoisotopic (exact) mass is 455 g/mol. The second-order valence-electron chi connectivity index (χ2n) is 6.31. The molecule has 2 aromatic rings.